The quantitative estimate of drug-likeness (QED) is 0.599. The molecule has 1 saturated heterocycles. The van der Waals surface area contributed by atoms with Crippen molar-refractivity contribution in [3.8, 4) is 16.5 Å². The molecule has 0 spiro atoms. The van der Waals surface area contributed by atoms with Crippen LogP contribution < -0.4 is 9.64 Å². The van der Waals surface area contributed by atoms with E-state index in [1.54, 1.807) is 28.4 Å². The molecule has 0 unspecified atom stereocenters. The van der Waals surface area contributed by atoms with Gasteiger partial charge >= 0.3 is 0 Å². The number of thiophene rings is 1. The zero-order chi connectivity index (χ0) is 21.2. The van der Waals surface area contributed by atoms with Crippen molar-refractivity contribution in [3.05, 3.63) is 47.7 Å². The van der Waals surface area contributed by atoms with Crippen LogP contribution in [0.2, 0.25) is 0 Å². The summed E-state index contributed by atoms with van der Waals surface area (Å²) in [4.78, 5) is 36.1. The molecule has 5 rings (SSSR count). The average molecular weight is 439 g/mol. The predicted molar refractivity (Wildman–Crippen MR) is 114 cm³/mol. The Bertz CT molecular complexity index is 1080. The number of para-hydroxylation sites is 2. The monoisotopic (exact) mass is 439 g/mol. The Balaban J connectivity index is 1.16. The summed E-state index contributed by atoms with van der Waals surface area (Å²) in [7, 11) is 0. The van der Waals surface area contributed by atoms with Crippen LogP contribution in [0.15, 0.2) is 46.3 Å². The van der Waals surface area contributed by atoms with E-state index in [-0.39, 0.29) is 25.0 Å². The number of fused-ring (bicyclic) bond motifs is 1. The van der Waals surface area contributed by atoms with E-state index in [0.717, 1.165) is 4.88 Å². The molecule has 4 heterocycles. The lowest BCUT2D eigenvalue weighted by molar-refractivity contribution is -0.133. The molecule has 2 aromatic heterocycles. The molecule has 10 heteroatoms. The normalized spacial score (nSPS) is 16.8. The molecule has 0 saturated carbocycles. The number of ether oxygens (including phenoxy) is 1. The first-order valence-corrected chi connectivity index (χ1v) is 10.9. The molecule has 0 radical (unpaired) electrons. The maximum atomic E-state index is 12.9. The summed E-state index contributed by atoms with van der Waals surface area (Å²) in [6.45, 7) is 3.11. The third-order valence-electron chi connectivity index (χ3n) is 5.40. The Morgan fingerprint density at radius 2 is 1.94 bits per heavy atom. The van der Waals surface area contributed by atoms with Gasteiger partial charge < -0.3 is 14.2 Å². The maximum Gasteiger partial charge on any atom is 0.265 e. The number of amides is 2. The SMILES string of the molecule is O=C(CN1C(=O)COc2ccccc21)N1CCN(Cc2nc(-c3cccs3)no2)CC1. The molecule has 31 heavy (non-hydrogen) atoms. The van der Waals surface area contributed by atoms with Crippen molar-refractivity contribution in [2.75, 3.05) is 44.2 Å². The zero-order valence-corrected chi connectivity index (χ0v) is 17.6. The Kier molecular flexibility index (Phi) is 5.39. The summed E-state index contributed by atoms with van der Waals surface area (Å²) < 4.78 is 10.8. The van der Waals surface area contributed by atoms with Crippen molar-refractivity contribution >= 4 is 28.8 Å². The van der Waals surface area contributed by atoms with Gasteiger partial charge in [0.25, 0.3) is 5.91 Å². The molecule has 0 aliphatic carbocycles. The lowest BCUT2D eigenvalue weighted by Crippen LogP contribution is -2.52. The Hall–Kier alpha value is -3.24. The average Bonchev–Trinajstić information content (AvgIpc) is 3.48. The predicted octanol–water partition coefficient (Wildman–Crippen LogP) is 1.87. The van der Waals surface area contributed by atoms with Gasteiger partial charge in [-0.2, -0.15) is 4.98 Å². The van der Waals surface area contributed by atoms with Crippen molar-refractivity contribution in [2.45, 2.75) is 6.54 Å². The first-order chi connectivity index (χ1) is 15.2. The van der Waals surface area contributed by atoms with Gasteiger partial charge in [0.2, 0.25) is 17.6 Å². The molecule has 0 bridgehead atoms. The summed E-state index contributed by atoms with van der Waals surface area (Å²) >= 11 is 1.57. The zero-order valence-electron chi connectivity index (χ0n) is 16.8. The highest BCUT2D eigenvalue weighted by Gasteiger charge is 2.30. The molecule has 2 aliphatic rings. The van der Waals surface area contributed by atoms with Gasteiger partial charge in [-0.05, 0) is 23.6 Å². The van der Waals surface area contributed by atoms with E-state index in [0.29, 0.717) is 55.9 Å². The van der Waals surface area contributed by atoms with Crippen LogP contribution in [0.1, 0.15) is 5.89 Å². The highest BCUT2D eigenvalue weighted by molar-refractivity contribution is 7.13. The summed E-state index contributed by atoms with van der Waals surface area (Å²) in [5.41, 5.74) is 0.642. The summed E-state index contributed by atoms with van der Waals surface area (Å²) in [6.07, 6.45) is 0. The molecule has 3 aromatic rings. The van der Waals surface area contributed by atoms with Gasteiger partial charge in [-0.25, -0.2) is 0 Å². The van der Waals surface area contributed by atoms with Crippen LogP contribution >= 0.6 is 11.3 Å². The number of anilines is 1. The Morgan fingerprint density at radius 1 is 1.10 bits per heavy atom. The lowest BCUT2D eigenvalue weighted by atomic mass is 10.2. The van der Waals surface area contributed by atoms with Crippen LogP contribution in [-0.2, 0) is 16.1 Å². The van der Waals surface area contributed by atoms with Crippen LogP contribution in [0.5, 0.6) is 5.75 Å². The maximum absolute atomic E-state index is 12.9. The molecule has 2 amide bonds. The van der Waals surface area contributed by atoms with Gasteiger partial charge in [0.15, 0.2) is 6.61 Å². The van der Waals surface area contributed by atoms with Gasteiger partial charge in [0, 0.05) is 26.2 Å². The first-order valence-electron chi connectivity index (χ1n) is 10.1. The number of nitrogens with zero attached hydrogens (tertiary/aromatic N) is 5. The second-order valence-corrected chi connectivity index (χ2v) is 8.33. The minimum absolute atomic E-state index is 0.0209. The number of piperazine rings is 1. The summed E-state index contributed by atoms with van der Waals surface area (Å²) in [5, 5.41) is 6.02. The lowest BCUT2D eigenvalue weighted by Gasteiger charge is -2.36. The largest absolute Gasteiger partial charge is 0.482 e. The van der Waals surface area contributed by atoms with Crippen LogP contribution in [-0.4, -0.2) is 71.1 Å². The van der Waals surface area contributed by atoms with Crippen molar-refractivity contribution in [1.82, 2.24) is 19.9 Å². The molecular formula is C21H21N5O4S. The van der Waals surface area contributed by atoms with Gasteiger partial charge in [0.05, 0.1) is 17.1 Å². The molecule has 9 nitrogen and oxygen atoms in total. The minimum atomic E-state index is -0.205. The van der Waals surface area contributed by atoms with Gasteiger partial charge in [-0.1, -0.05) is 23.4 Å². The topological polar surface area (TPSA) is 92.0 Å². The van der Waals surface area contributed by atoms with Crippen molar-refractivity contribution in [3.63, 3.8) is 0 Å². The standard InChI is InChI=1S/C21H21N5O4S/c27-19(13-26-15-4-1-2-5-16(15)29-14-20(26)28)25-9-7-24(8-10-25)12-18-22-21(23-30-18)17-6-3-11-31-17/h1-6,11H,7-10,12-14H2. The van der Waals surface area contributed by atoms with E-state index >= 15 is 0 Å². The van der Waals surface area contributed by atoms with E-state index in [2.05, 4.69) is 15.0 Å². The van der Waals surface area contributed by atoms with Crippen LogP contribution in [0.4, 0.5) is 5.69 Å². The number of carbonyl (C=O) groups is 2. The summed E-state index contributed by atoms with van der Waals surface area (Å²) in [5.74, 6) is 1.53. The van der Waals surface area contributed by atoms with E-state index in [1.165, 1.54) is 4.90 Å². The van der Waals surface area contributed by atoms with Crippen LogP contribution in [0, 0.1) is 0 Å². The van der Waals surface area contributed by atoms with Crippen LogP contribution in [0.3, 0.4) is 0 Å². The van der Waals surface area contributed by atoms with Crippen molar-refractivity contribution in [1.29, 1.82) is 0 Å². The fourth-order valence-corrected chi connectivity index (χ4v) is 4.38. The van der Waals surface area contributed by atoms with Gasteiger partial charge in [0.1, 0.15) is 12.3 Å². The van der Waals surface area contributed by atoms with E-state index in [9.17, 15) is 9.59 Å². The number of benzene rings is 1. The third kappa shape index (κ3) is 4.17. The second kappa shape index (κ2) is 8.48. The highest BCUT2D eigenvalue weighted by atomic mass is 32.1. The minimum Gasteiger partial charge on any atom is -0.482 e. The molecule has 160 valence electrons. The Morgan fingerprint density at radius 3 is 2.74 bits per heavy atom. The number of hydrogen-bond acceptors (Lipinski definition) is 8. The number of rotatable bonds is 5. The fraction of sp³-hybridized carbons (Fsp3) is 0.333. The van der Waals surface area contributed by atoms with Crippen molar-refractivity contribution in [2.24, 2.45) is 0 Å². The van der Waals surface area contributed by atoms with E-state index < -0.39 is 0 Å². The highest BCUT2D eigenvalue weighted by Crippen LogP contribution is 2.31. The molecule has 2 aliphatic heterocycles. The van der Waals surface area contributed by atoms with Gasteiger partial charge in [-0.3, -0.25) is 19.4 Å². The Labute approximate surface area is 182 Å². The molecule has 0 N–H and O–H groups in total. The first kappa shape index (κ1) is 19.7. The number of aromatic nitrogens is 2. The molecule has 1 aromatic carbocycles. The molecule has 0 atom stereocenters. The fourth-order valence-electron chi connectivity index (χ4n) is 3.73. The number of carbonyl (C=O) groups excluding carboxylic acids is 2. The second-order valence-electron chi connectivity index (χ2n) is 7.38. The molecule has 1 fully saturated rings. The van der Waals surface area contributed by atoms with Gasteiger partial charge in [-0.15, -0.1) is 11.3 Å². The van der Waals surface area contributed by atoms with Crippen LogP contribution in [0.25, 0.3) is 10.7 Å². The van der Waals surface area contributed by atoms with Crippen molar-refractivity contribution < 1.29 is 18.8 Å². The smallest absolute Gasteiger partial charge is 0.265 e. The van der Waals surface area contributed by atoms with E-state index in [1.807, 2.05) is 29.6 Å². The number of hydrogen-bond donors (Lipinski definition) is 0. The summed E-state index contributed by atoms with van der Waals surface area (Å²) in [6, 6.07) is 11.2. The molecular weight excluding hydrogens is 418 g/mol. The third-order valence-corrected chi connectivity index (χ3v) is 6.26. The van der Waals surface area contributed by atoms with E-state index in [4.69, 9.17) is 9.26 Å².